The zero-order valence-electron chi connectivity index (χ0n) is 14.6. The van der Waals surface area contributed by atoms with E-state index in [-0.39, 0.29) is 28.8 Å². The average Bonchev–Trinajstić information content (AvgIpc) is 2.65. The van der Waals surface area contributed by atoms with Crippen molar-refractivity contribution in [3.05, 3.63) is 71.0 Å². The van der Waals surface area contributed by atoms with E-state index in [1.165, 1.54) is 12.1 Å². The normalized spacial score (nSPS) is 11.5. The Hall–Kier alpha value is -2.48. The molecule has 0 saturated carbocycles. The Morgan fingerprint density at radius 1 is 1.07 bits per heavy atom. The van der Waals surface area contributed by atoms with Gasteiger partial charge in [-0.1, -0.05) is 53.6 Å². The van der Waals surface area contributed by atoms with Crippen LogP contribution < -0.4 is 10.0 Å². The maximum Gasteiger partial charge on any atom is 0.270 e. The van der Waals surface area contributed by atoms with Crippen LogP contribution in [0.4, 0.5) is 0 Å². The number of nitrogens with zero attached hydrogens (tertiary/aromatic N) is 1. The number of hydrogen-bond acceptors (Lipinski definition) is 4. The van der Waals surface area contributed by atoms with E-state index in [2.05, 4.69) is 15.0 Å². The Morgan fingerprint density at radius 2 is 1.78 bits per heavy atom. The molecule has 3 rings (SSSR count). The number of aryl methyl sites for hydroxylation is 1. The van der Waals surface area contributed by atoms with Crippen molar-refractivity contribution in [2.24, 2.45) is 0 Å². The summed E-state index contributed by atoms with van der Waals surface area (Å²) in [5.41, 5.74) is 1.16. The first kappa shape index (κ1) is 19.3. The second kappa shape index (κ2) is 8.04. The summed E-state index contributed by atoms with van der Waals surface area (Å²) in [7, 11) is -3.61. The first-order valence-corrected chi connectivity index (χ1v) is 10.1. The van der Waals surface area contributed by atoms with Gasteiger partial charge in [0.05, 0.1) is 4.90 Å². The number of hydrogen-bond donors (Lipinski definition) is 2. The number of sulfonamides is 1. The van der Waals surface area contributed by atoms with Crippen molar-refractivity contribution in [3.63, 3.8) is 0 Å². The molecule has 2 aromatic carbocycles. The van der Waals surface area contributed by atoms with Crippen LogP contribution in [-0.2, 0) is 10.0 Å². The number of carbonyl (C=O) groups excluding carboxylic acids is 1. The maximum atomic E-state index is 12.3. The molecule has 140 valence electrons. The molecule has 0 aliphatic carbocycles. The van der Waals surface area contributed by atoms with E-state index in [4.69, 9.17) is 11.6 Å². The Balaban J connectivity index is 1.59. The SMILES string of the molecule is Cc1ccc(S(=O)(=O)NCCNC(=O)c2cc3ccccc3c(Cl)n2)cc1. The second-order valence-corrected chi connectivity index (χ2v) is 8.11. The molecule has 2 N–H and O–H groups in total. The molecule has 6 nitrogen and oxygen atoms in total. The van der Waals surface area contributed by atoms with Crippen molar-refractivity contribution < 1.29 is 13.2 Å². The highest BCUT2D eigenvalue weighted by atomic mass is 35.5. The quantitative estimate of drug-likeness (QED) is 0.489. The van der Waals surface area contributed by atoms with Crippen LogP contribution in [0.3, 0.4) is 0 Å². The van der Waals surface area contributed by atoms with E-state index in [0.717, 1.165) is 16.3 Å². The smallest absolute Gasteiger partial charge is 0.270 e. The topological polar surface area (TPSA) is 88.2 Å². The molecule has 1 amide bonds. The highest BCUT2D eigenvalue weighted by Crippen LogP contribution is 2.22. The van der Waals surface area contributed by atoms with Gasteiger partial charge in [-0.15, -0.1) is 0 Å². The zero-order chi connectivity index (χ0) is 19.4. The lowest BCUT2D eigenvalue weighted by molar-refractivity contribution is 0.0949. The lowest BCUT2D eigenvalue weighted by atomic mass is 10.1. The summed E-state index contributed by atoms with van der Waals surface area (Å²) in [6, 6.07) is 15.5. The number of rotatable bonds is 6. The van der Waals surface area contributed by atoms with Gasteiger partial charge < -0.3 is 5.32 Å². The van der Waals surface area contributed by atoms with Crippen LogP contribution in [0, 0.1) is 6.92 Å². The molecule has 0 saturated heterocycles. The van der Waals surface area contributed by atoms with Crippen molar-refractivity contribution in [2.45, 2.75) is 11.8 Å². The molecule has 8 heteroatoms. The van der Waals surface area contributed by atoms with Gasteiger partial charge in [-0.2, -0.15) is 0 Å². The van der Waals surface area contributed by atoms with Gasteiger partial charge in [-0.05, 0) is 30.5 Å². The van der Waals surface area contributed by atoms with Gasteiger partial charge >= 0.3 is 0 Å². The second-order valence-electron chi connectivity index (χ2n) is 5.99. The number of halogens is 1. The first-order chi connectivity index (χ1) is 12.9. The molecule has 0 spiro atoms. The van der Waals surface area contributed by atoms with E-state index in [1.807, 2.05) is 31.2 Å². The summed E-state index contributed by atoms with van der Waals surface area (Å²) in [5.74, 6) is -0.419. The number of fused-ring (bicyclic) bond motifs is 1. The molecule has 3 aromatic rings. The molecule has 0 aliphatic heterocycles. The number of benzene rings is 2. The minimum absolute atomic E-state index is 0.0588. The number of nitrogens with one attached hydrogen (secondary N) is 2. The van der Waals surface area contributed by atoms with Crippen molar-refractivity contribution >= 4 is 38.3 Å². The van der Waals surface area contributed by atoms with Gasteiger partial charge in [-0.25, -0.2) is 18.1 Å². The Kier molecular flexibility index (Phi) is 5.74. The highest BCUT2D eigenvalue weighted by Gasteiger charge is 2.14. The molecule has 0 radical (unpaired) electrons. The first-order valence-electron chi connectivity index (χ1n) is 8.27. The third-order valence-electron chi connectivity index (χ3n) is 3.96. The third-order valence-corrected chi connectivity index (χ3v) is 5.73. The minimum Gasteiger partial charge on any atom is -0.349 e. The van der Waals surface area contributed by atoms with E-state index >= 15 is 0 Å². The summed E-state index contributed by atoms with van der Waals surface area (Å²) in [5, 5.41) is 4.46. The van der Waals surface area contributed by atoms with Crippen LogP contribution in [0.5, 0.6) is 0 Å². The molecule has 1 aromatic heterocycles. The Labute approximate surface area is 162 Å². The van der Waals surface area contributed by atoms with Crippen LogP contribution in [0.15, 0.2) is 59.5 Å². The van der Waals surface area contributed by atoms with E-state index in [9.17, 15) is 13.2 Å². The van der Waals surface area contributed by atoms with E-state index in [1.54, 1.807) is 18.2 Å². The lowest BCUT2D eigenvalue weighted by Gasteiger charge is -2.09. The van der Waals surface area contributed by atoms with Crippen molar-refractivity contribution in [1.82, 2.24) is 15.0 Å². The summed E-state index contributed by atoms with van der Waals surface area (Å²) in [4.78, 5) is 16.5. The van der Waals surface area contributed by atoms with Gasteiger partial charge in [0.2, 0.25) is 10.0 Å². The fourth-order valence-corrected chi connectivity index (χ4v) is 3.82. The number of pyridine rings is 1. The third kappa shape index (κ3) is 4.63. The molecule has 0 unspecified atom stereocenters. The summed E-state index contributed by atoms with van der Waals surface area (Å²) in [6.45, 7) is 2.06. The van der Waals surface area contributed by atoms with Crippen LogP contribution in [0.1, 0.15) is 16.1 Å². The molecule has 0 aliphatic rings. The van der Waals surface area contributed by atoms with E-state index in [0.29, 0.717) is 0 Å². The van der Waals surface area contributed by atoms with Gasteiger partial charge in [0.15, 0.2) is 0 Å². The molecule has 0 fully saturated rings. The summed E-state index contributed by atoms with van der Waals surface area (Å²) in [6.07, 6.45) is 0. The van der Waals surface area contributed by atoms with Crippen molar-refractivity contribution in [1.29, 1.82) is 0 Å². The predicted octanol–water partition coefficient (Wildman–Crippen LogP) is 2.90. The van der Waals surface area contributed by atoms with E-state index < -0.39 is 15.9 Å². The number of amides is 1. The van der Waals surface area contributed by atoms with Gasteiger partial charge in [0.25, 0.3) is 5.91 Å². The average molecular weight is 404 g/mol. The van der Waals surface area contributed by atoms with Crippen LogP contribution in [0.2, 0.25) is 5.15 Å². The highest BCUT2D eigenvalue weighted by molar-refractivity contribution is 7.89. The molecule has 0 atom stereocenters. The summed E-state index contributed by atoms with van der Waals surface area (Å²) >= 11 is 6.12. The van der Waals surface area contributed by atoms with Crippen molar-refractivity contribution in [3.8, 4) is 0 Å². The van der Waals surface area contributed by atoms with Gasteiger partial charge in [0.1, 0.15) is 10.8 Å². The van der Waals surface area contributed by atoms with Crippen LogP contribution in [-0.4, -0.2) is 32.4 Å². The minimum atomic E-state index is -3.61. The van der Waals surface area contributed by atoms with Gasteiger partial charge in [0, 0.05) is 18.5 Å². The fourth-order valence-electron chi connectivity index (χ4n) is 2.53. The Morgan fingerprint density at radius 3 is 2.52 bits per heavy atom. The molecule has 27 heavy (non-hydrogen) atoms. The standard InChI is InChI=1S/C19H18ClN3O3S/c1-13-6-8-15(9-7-13)27(25,26)22-11-10-21-19(24)17-12-14-4-2-3-5-16(14)18(20)23-17/h2-9,12,22H,10-11H2,1H3,(H,21,24). The number of carbonyl (C=O) groups is 1. The summed E-state index contributed by atoms with van der Waals surface area (Å²) < 4.78 is 26.8. The zero-order valence-corrected chi connectivity index (χ0v) is 16.1. The number of aromatic nitrogens is 1. The Bertz CT molecular complexity index is 1080. The molecular weight excluding hydrogens is 386 g/mol. The van der Waals surface area contributed by atoms with Crippen LogP contribution >= 0.6 is 11.6 Å². The van der Waals surface area contributed by atoms with Crippen LogP contribution in [0.25, 0.3) is 10.8 Å². The maximum absolute atomic E-state index is 12.3. The lowest BCUT2D eigenvalue weighted by Crippen LogP contribution is -2.35. The fraction of sp³-hybridized carbons (Fsp3) is 0.158. The molecule has 0 bridgehead atoms. The van der Waals surface area contributed by atoms with Crippen molar-refractivity contribution in [2.75, 3.05) is 13.1 Å². The monoisotopic (exact) mass is 403 g/mol. The predicted molar refractivity (Wildman–Crippen MR) is 105 cm³/mol. The molecular formula is C19H18ClN3O3S. The molecule has 1 heterocycles. The van der Waals surface area contributed by atoms with Gasteiger partial charge in [-0.3, -0.25) is 4.79 Å². The largest absolute Gasteiger partial charge is 0.349 e.